The number of hydrogen-bond donors (Lipinski definition) is 0. The van der Waals surface area contributed by atoms with Gasteiger partial charge in [-0.05, 0) is 55.5 Å². The Bertz CT molecular complexity index is 1510. The first-order valence-corrected chi connectivity index (χ1v) is 10.6. The third-order valence-electron chi connectivity index (χ3n) is 5.41. The third kappa shape index (κ3) is 3.89. The number of pyridine rings is 1. The SMILES string of the molecule is Cc1nc(-c2ccc(F)cc2)c(-c2ccc3nc(CC(=O)c4ncccc4Cl)cn3n2)n1C. The molecule has 0 atom stereocenters. The van der Waals surface area contributed by atoms with Crippen LogP contribution in [0.25, 0.3) is 28.3 Å². The van der Waals surface area contributed by atoms with Gasteiger partial charge in [-0.3, -0.25) is 9.78 Å². The predicted octanol–water partition coefficient (Wildman–Crippen LogP) is 4.72. The minimum Gasteiger partial charge on any atom is -0.330 e. The second kappa shape index (κ2) is 8.22. The van der Waals surface area contributed by atoms with Crippen molar-refractivity contribution >= 4 is 23.0 Å². The molecule has 9 heteroatoms. The van der Waals surface area contributed by atoms with Crippen LogP contribution in [0.1, 0.15) is 22.0 Å². The van der Waals surface area contributed by atoms with Gasteiger partial charge in [0.25, 0.3) is 0 Å². The zero-order chi connectivity index (χ0) is 23.1. The van der Waals surface area contributed by atoms with E-state index >= 15 is 0 Å². The van der Waals surface area contributed by atoms with E-state index in [1.807, 2.05) is 30.7 Å². The van der Waals surface area contributed by atoms with Crippen molar-refractivity contribution in [3.63, 3.8) is 0 Å². The number of aryl methyl sites for hydroxylation is 1. The number of aromatic nitrogens is 6. The molecule has 0 saturated carbocycles. The third-order valence-corrected chi connectivity index (χ3v) is 5.72. The van der Waals surface area contributed by atoms with Crippen molar-refractivity contribution in [2.24, 2.45) is 7.05 Å². The molecule has 0 fully saturated rings. The van der Waals surface area contributed by atoms with Gasteiger partial charge >= 0.3 is 0 Å². The highest BCUT2D eigenvalue weighted by Gasteiger charge is 2.19. The van der Waals surface area contributed by atoms with Crippen molar-refractivity contribution in [2.45, 2.75) is 13.3 Å². The summed E-state index contributed by atoms with van der Waals surface area (Å²) in [7, 11) is 1.91. The summed E-state index contributed by atoms with van der Waals surface area (Å²) in [5, 5.41) is 5.02. The fourth-order valence-corrected chi connectivity index (χ4v) is 3.92. The predicted molar refractivity (Wildman–Crippen MR) is 123 cm³/mol. The van der Waals surface area contributed by atoms with E-state index in [0.717, 1.165) is 17.1 Å². The van der Waals surface area contributed by atoms with Crippen LogP contribution in [0.3, 0.4) is 0 Å². The fraction of sp³-hybridized carbons (Fsp3) is 0.125. The first-order valence-electron chi connectivity index (χ1n) is 10.2. The van der Waals surface area contributed by atoms with E-state index < -0.39 is 0 Å². The standard InChI is InChI=1S/C24H18ClFN6O/c1-14-28-22(15-5-7-16(26)8-6-15)24(31(14)2)19-9-10-21-29-17(13-32(21)30-19)12-20(33)23-18(25)4-3-11-27-23/h3-11,13H,12H2,1-2H3. The van der Waals surface area contributed by atoms with Gasteiger partial charge in [-0.15, -0.1) is 0 Å². The molecule has 0 bridgehead atoms. The van der Waals surface area contributed by atoms with E-state index in [9.17, 15) is 9.18 Å². The summed E-state index contributed by atoms with van der Waals surface area (Å²) in [5.74, 6) is 0.278. The second-order valence-electron chi connectivity index (χ2n) is 7.61. The van der Waals surface area contributed by atoms with Gasteiger partial charge in [0.05, 0.1) is 34.7 Å². The van der Waals surface area contributed by atoms with Gasteiger partial charge in [-0.1, -0.05) is 11.6 Å². The van der Waals surface area contributed by atoms with Gasteiger partial charge in [0.2, 0.25) is 0 Å². The summed E-state index contributed by atoms with van der Waals surface area (Å²) in [5.41, 5.74) is 4.37. The molecule has 7 nitrogen and oxygen atoms in total. The number of imidazole rings is 2. The molecule has 164 valence electrons. The van der Waals surface area contributed by atoms with E-state index in [2.05, 4.69) is 15.0 Å². The van der Waals surface area contributed by atoms with Crippen LogP contribution in [0.2, 0.25) is 5.02 Å². The van der Waals surface area contributed by atoms with Crippen LogP contribution in [0, 0.1) is 12.7 Å². The Morgan fingerprint density at radius 3 is 2.64 bits per heavy atom. The molecule has 33 heavy (non-hydrogen) atoms. The van der Waals surface area contributed by atoms with E-state index in [4.69, 9.17) is 16.7 Å². The smallest absolute Gasteiger partial charge is 0.188 e. The number of hydrogen-bond acceptors (Lipinski definition) is 5. The molecule has 0 unspecified atom stereocenters. The van der Waals surface area contributed by atoms with Gasteiger partial charge < -0.3 is 4.57 Å². The van der Waals surface area contributed by atoms with Crippen LogP contribution in [-0.4, -0.2) is 34.9 Å². The van der Waals surface area contributed by atoms with Crippen molar-refractivity contribution in [3.8, 4) is 22.6 Å². The fourth-order valence-electron chi connectivity index (χ4n) is 3.69. The number of ketones is 1. The minimum absolute atomic E-state index is 0.0566. The highest BCUT2D eigenvalue weighted by molar-refractivity contribution is 6.33. The first-order chi connectivity index (χ1) is 15.9. The van der Waals surface area contributed by atoms with Crippen molar-refractivity contribution < 1.29 is 9.18 Å². The highest BCUT2D eigenvalue weighted by atomic mass is 35.5. The number of carbonyl (C=O) groups excluding carboxylic acids is 1. The summed E-state index contributed by atoms with van der Waals surface area (Å²) >= 11 is 6.09. The summed E-state index contributed by atoms with van der Waals surface area (Å²) in [6.07, 6.45) is 3.31. The Hall–Kier alpha value is -3.91. The van der Waals surface area contributed by atoms with Crippen molar-refractivity contribution in [1.82, 2.24) is 29.1 Å². The molecule has 5 aromatic rings. The van der Waals surface area contributed by atoms with Gasteiger partial charge in [-0.2, -0.15) is 5.10 Å². The van der Waals surface area contributed by atoms with Gasteiger partial charge in [0, 0.05) is 18.8 Å². The Kier molecular flexibility index (Phi) is 5.22. The molecule has 4 heterocycles. The van der Waals surface area contributed by atoms with Crippen molar-refractivity contribution in [3.05, 3.63) is 89.0 Å². The number of benzene rings is 1. The first kappa shape index (κ1) is 21.0. The molecule has 0 saturated heterocycles. The van der Waals surface area contributed by atoms with Gasteiger partial charge in [0.1, 0.15) is 23.0 Å². The highest BCUT2D eigenvalue weighted by Crippen LogP contribution is 2.31. The summed E-state index contributed by atoms with van der Waals surface area (Å²) in [6.45, 7) is 1.90. The van der Waals surface area contributed by atoms with Crippen LogP contribution >= 0.6 is 11.6 Å². The molecule has 5 rings (SSSR count). The summed E-state index contributed by atoms with van der Waals surface area (Å²) in [4.78, 5) is 25.9. The van der Waals surface area contributed by atoms with E-state index in [-0.39, 0.29) is 23.7 Å². The largest absolute Gasteiger partial charge is 0.330 e. The van der Waals surface area contributed by atoms with E-state index in [0.29, 0.717) is 27.8 Å². The lowest BCUT2D eigenvalue weighted by molar-refractivity contribution is 0.0987. The molecule has 4 aromatic heterocycles. The van der Waals surface area contributed by atoms with Gasteiger partial charge in [-0.25, -0.2) is 18.9 Å². The van der Waals surface area contributed by atoms with Crippen LogP contribution in [0.5, 0.6) is 0 Å². The maximum absolute atomic E-state index is 13.4. The van der Waals surface area contributed by atoms with E-state index in [1.165, 1.54) is 18.3 Å². The zero-order valence-electron chi connectivity index (χ0n) is 17.8. The lowest BCUT2D eigenvalue weighted by atomic mass is 10.1. The number of halogens is 2. The van der Waals surface area contributed by atoms with Crippen LogP contribution in [-0.2, 0) is 13.5 Å². The lowest BCUT2D eigenvalue weighted by Crippen LogP contribution is -2.06. The second-order valence-corrected chi connectivity index (χ2v) is 8.02. The molecule has 0 spiro atoms. The van der Waals surface area contributed by atoms with Crippen LogP contribution in [0.15, 0.2) is 60.9 Å². The Balaban J connectivity index is 1.52. The topological polar surface area (TPSA) is 78.0 Å². The van der Waals surface area contributed by atoms with Crippen molar-refractivity contribution in [2.75, 3.05) is 0 Å². The molecular formula is C24H18ClFN6O. The van der Waals surface area contributed by atoms with Crippen LogP contribution < -0.4 is 0 Å². The molecule has 0 radical (unpaired) electrons. The molecule has 0 amide bonds. The Morgan fingerprint density at radius 2 is 1.88 bits per heavy atom. The lowest BCUT2D eigenvalue weighted by Gasteiger charge is -2.07. The molecule has 0 aliphatic rings. The molecule has 1 aromatic carbocycles. The molecular weight excluding hydrogens is 443 g/mol. The average molecular weight is 461 g/mol. The minimum atomic E-state index is -0.306. The number of nitrogens with zero attached hydrogens (tertiary/aromatic N) is 6. The number of rotatable bonds is 5. The number of Topliss-reactive ketones (excluding diaryl/α,β-unsaturated/α-hetero) is 1. The monoisotopic (exact) mass is 460 g/mol. The number of carbonyl (C=O) groups is 1. The average Bonchev–Trinajstić information content (AvgIpc) is 3.33. The number of fused-ring (bicyclic) bond motifs is 1. The van der Waals surface area contributed by atoms with Crippen LogP contribution in [0.4, 0.5) is 4.39 Å². The normalized spacial score (nSPS) is 11.3. The summed E-state index contributed by atoms with van der Waals surface area (Å²) < 4.78 is 17.0. The zero-order valence-corrected chi connectivity index (χ0v) is 18.6. The maximum atomic E-state index is 13.4. The van der Waals surface area contributed by atoms with Gasteiger partial charge in [0.15, 0.2) is 11.4 Å². The summed E-state index contributed by atoms with van der Waals surface area (Å²) in [6, 6.07) is 13.2. The maximum Gasteiger partial charge on any atom is 0.188 e. The Labute approximate surface area is 193 Å². The molecule has 0 N–H and O–H groups in total. The quantitative estimate of drug-likeness (QED) is 0.355. The molecule has 0 aliphatic heterocycles. The molecule has 0 aliphatic carbocycles. The van der Waals surface area contributed by atoms with E-state index in [1.54, 1.807) is 35.0 Å². The van der Waals surface area contributed by atoms with Crippen molar-refractivity contribution in [1.29, 1.82) is 0 Å². The Morgan fingerprint density at radius 1 is 1.09 bits per heavy atom.